The lowest BCUT2D eigenvalue weighted by molar-refractivity contribution is 0.589. The molecule has 2 aliphatic carbocycles. The Morgan fingerprint density at radius 1 is 0.429 bits per heavy atom. The van der Waals surface area contributed by atoms with Gasteiger partial charge in [0.1, 0.15) is 0 Å². The van der Waals surface area contributed by atoms with E-state index >= 15 is 0 Å². The van der Waals surface area contributed by atoms with Crippen molar-refractivity contribution in [3.8, 4) is 11.1 Å². The summed E-state index contributed by atoms with van der Waals surface area (Å²) in [5.41, 5.74) is 26.9. The minimum Gasteiger partial charge on any atom is -0.311 e. The lowest BCUT2D eigenvalue weighted by Crippen LogP contribution is -2.60. The van der Waals surface area contributed by atoms with Crippen LogP contribution < -0.4 is 25.5 Å². The van der Waals surface area contributed by atoms with Crippen LogP contribution in [0, 0.1) is 0 Å². The molecule has 6 aromatic carbocycles. The molecule has 4 heteroatoms. The maximum atomic E-state index is 2.77. The van der Waals surface area contributed by atoms with Crippen molar-refractivity contribution in [2.45, 2.75) is 182 Å². The topological polar surface area (TPSA) is 6.48 Å². The lowest BCUT2D eigenvalue weighted by Gasteiger charge is -2.45. The van der Waals surface area contributed by atoms with Crippen LogP contribution in [0.4, 0.5) is 34.1 Å². The monoisotopic (exact) mass is 941 g/mol. The predicted octanol–water partition coefficient (Wildman–Crippen LogP) is 16.9. The summed E-state index contributed by atoms with van der Waals surface area (Å²) >= 11 is 2.02. The van der Waals surface area contributed by atoms with Crippen molar-refractivity contribution < 1.29 is 0 Å². The summed E-state index contributed by atoms with van der Waals surface area (Å²) < 4.78 is 2.80. The van der Waals surface area contributed by atoms with Gasteiger partial charge in [-0.1, -0.05) is 146 Å². The number of aryl methyl sites for hydroxylation is 2. The third-order valence-electron chi connectivity index (χ3n) is 16.6. The minimum absolute atomic E-state index is 0.00647. The molecule has 0 unspecified atom stereocenters. The lowest BCUT2D eigenvalue weighted by atomic mass is 9.36. The molecule has 3 heterocycles. The minimum atomic E-state index is -0.113. The molecular weight excluding hydrogens is 864 g/mol. The molecule has 1 aromatic heterocycles. The number of hydrogen-bond acceptors (Lipinski definition) is 3. The van der Waals surface area contributed by atoms with Gasteiger partial charge in [0.15, 0.2) is 0 Å². The fraction of sp³-hybridized carbons (Fsp3) is 0.424. The van der Waals surface area contributed by atoms with Crippen LogP contribution in [0.5, 0.6) is 0 Å². The molecule has 0 saturated heterocycles. The predicted molar refractivity (Wildman–Crippen MR) is 308 cm³/mol. The van der Waals surface area contributed by atoms with Gasteiger partial charge in [-0.15, -0.1) is 11.3 Å². The Hall–Kier alpha value is -5.06. The zero-order valence-electron chi connectivity index (χ0n) is 45.3. The van der Waals surface area contributed by atoms with Crippen LogP contribution in [0.3, 0.4) is 0 Å². The molecule has 4 aliphatic rings. The van der Waals surface area contributed by atoms with E-state index in [4.69, 9.17) is 0 Å². The van der Waals surface area contributed by atoms with E-state index in [1.165, 1.54) is 132 Å². The van der Waals surface area contributed by atoms with E-state index in [-0.39, 0.29) is 33.8 Å². The highest BCUT2D eigenvalue weighted by molar-refractivity contribution is 7.33. The molecule has 0 spiro atoms. The van der Waals surface area contributed by atoms with E-state index in [1.807, 2.05) is 11.3 Å². The number of fused-ring (bicyclic) bond motifs is 8. The number of anilines is 6. The van der Waals surface area contributed by atoms with Crippen LogP contribution in [0.15, 0.2) is 97.1 Å². The first kappa shape index (κ1) is 47.3. The van der Waals surface area contributed by atoms with Gasteiger partial charge in [-0.25, -0.2) is 0 Å². The van der Waals surface area contributed by atoms with Gasteiger partial charge in [0.2, 0.25) is 0 Å². The Balaban J connectivity index is 1.29. The van der Waals surface area contributed by atoms with Gasteiger partial charge >= 0.3 is 0 Å². The maximum absolute atomic E-state index is 2.77. The normalized spacial score (nSPS) is 16.0. The molecular formula is C66H77BN2S. The third-order valence-corrected chi connectivity index (χ3v) is 17.8. The van der Waals surface area contributed by atoms with Gasteiger partial charge < -0.3 is 9.80 Å². The highest BCUT2D eigenvalue weighted by atomic mass is 32.1. The molecule has 0 N–H and O–H groups in total. The summed E-state index contributed by atoms with van der Waals surface area (Å²) in [4.78, 5) is 5.46. The van der Waals surface area contributed by atoms with Crippen LogP contribution in [0.1, 0.15) is 180 Å². The van der Waals surface area contributed by atoms with Gasteiger partial charge in [0, 0.05) is 43.2 Å². The molecule has 0 amide bonds. The molecule has 70 heavy (non-hydrogen) atoms. The van der Waals surface area contributed by atoms with Crippen LogP contribution in [-0.2, 0) is 52.8 Å². The van der Waals surface area contributed by atoms with E-state index in [2.05, 4.69) is 211 Å². The Morgan fingerprint density at radius 3 is 1.49 bits per heavy atom. The van der Waals surface area contributed by atoms with E-state index in [1.54, 1.807) is 27.8 Å². The Morgan fingerprint density at radius 2 is 0.914 bits per heavy atom. The zero-order chi connectivity index (χ0) is 49.6. The zero-order valence-corrected chi connectivity index (χ0v) is 46.1. The van der Waals surface area contributed by atoms with Crippen molar-refractivity contribution >= 4 is 78.0 Å². The Labute approximate surface area is 426 Å². The van der Waals surface area contributed by atoms with Crippen LogP contribution in [-0.4, -0.2) is 6.71 Å². The first-order chi connectivity index (χ1) is 32.9. The second-order valence-corrected chi connectivity index (χ2v) is 27.9. The molecule has 0 fully saturated rings. The van der Waals surface area contributed by atoms with Crippen molar-refractivity contribution in [3.05, 3.63) is 147 Å². The van der Waals surface area contributed by atoms with Crippen LogP contribution >= 0.6 is 11.3 Å². The second-order valence-electron chi connectivity index (χ2n) is 26.8. The van der Waals surface area contributed by atoms with E-state index in [0.29, 0.717) is 0 Å². The van der Waals surface area contributed by atoms with Gasteiger partial charge in [0.05, 0.1) is 11.4 Å². The fourth-order valence-electron chi connectivity index (χ4n) is 12.4. The summed E-state index contributed by atoms with van der Waals surface area (Å²) in [7, 11) is 0. The average molecular weight is 941 g/mol. The highest BCUT2D eigenvalue weighted by Gasteiger charge is 2.47. The van der Waals surface area contributed by atoms with Crippen molar-refractivity contribution in [2.75, 3.05) is 9.80 Å². The molecule has 7 aromatic rings. The average Bonchev–Trinajstić information content (AvgIpc) is 3.67. The van der Waals surface area contributed by atoms with Crippen molar-refractivity contribution in [1.29, 1.82) is 0 Å². The number of hydrogen-bond donors (Lipinski definition) is 0. The first-order valence-corrected chi connectivity index (χ1v) is 27.6. The molecule has 0 radical (unpaired) electrons. The van der Waals surface area contributed by atoms with E-state index in [0.717, 1.165) is 12.8 Å². The highest BCUT2D eigenvalue weighted by Crippen LogP contribution is 2.53. The molecule has 0 saturated carbocycles. The van der Waals surface area contributed by atoms with Gasteiger partial charge in [0.25, 0.3) is 6.71 Å². The molecule has 360 valence electrons. The third kappa shape index (κ3) is 7.80. The van der Waals surface area contributed by atoms with Crippen LogP contribution in [0.25, 0.3) is 21.2 Å². The van der Waals surface area contributed by atoms with Gasteiger partial charge in [-0.05, 0) is 200 Å². The largest absolute Gasteiger partial charge is 0.311 e. The first-order valence-electron chi connectivity index (χ1n) is 26.8. The maximum Gasteiger partial charge on any atom is 0.264 e. The standard InChI is InChI=1S/C66H77BN2S/c1-62(2,3)42-24-29-47(30-25-42)68-55-38-46(66(13,14)15)39-56-59(55)67(61-60(68)51-36-44(64(7,8)9)28-33-57(51)70-61)52-37-45(65(10,11)12)27-32-54(52)69(56)53-31-26-43(63(4,5)6)35-50(53)58-48-22-18-16-20-40(48)34-41-21-17-19-23-49(41)58/h24-39H,16-23H2,1-15H3. The summed E-state index contributed by atoms with van der Waals surface area (Å²) in [6, 6.07) is 40.0. The summed E-state index contributed by atoms with van der Waals surface area (Å²) in [6.45, 7) is 35.7. The summed E-state index contributed by atoms with van der Waals surface area (Å²) in [6.07, 6.45) is 9.80. The van der Waals surface area contributed by atoms with Crippen molar-refractivity contribution in [1.82, 2.24) is 0 Å². The molecule has 2 nitrogen and oxygen atoms in total. The van der Waals surface area contributed by atoms with Gasteiger partial charge in [-0.2, -0.15) is 0 Å². The summed E-state index contributed by atoms with van der Waals surface area (Å²) in [5, 5.41) is 1.36. The fourth-order valence-corrected chi connectivity index (χ4v) is 13.7. The smallest absolute Gasteiger partial charge is 0.264 e. The van der Waals surface area contributed by atoms with Gasteiger partial charge in [-0.3, -0.25) is 0 Å². The van der Waals surface area contributed by atoms with Crippen molar-refractivity contribution in [3.63, 3.8) is 0 Å². The number of benzene rings is 6. The SMILES string of the molecule is CC(C)(C)c1ccc(N2c3cc(C(C)(C)C)cc4c3B(c3cc(C(C)(C)C)ccc3N4c3ccc(C(C)(C)C)cc3-c3c4c(cc5c3CCCC5)CCCC4)c3sc4ccc(C(C)(C)C)cc4c32)cc1. The number of thiophene rings is 1. The number of nitrogens with zero attached hydrogens (tertiary/aromatic N) is 2. The number of rotatable bonds is 3. The molecule has 2 aliphatic heterocycles. The summed E-state index contributed by atoms with van der Waals surface area (Å²) in [5.74, 6) is 0. The Bertz CT molecular complexity index is 3200. The second kappa shape index (κ2) is 16.2. The van der Waals surface area contributed by atoms with Crippen molar-refractivity contribution in [2.24, 2.45) is 0 Å². The van der Waals surface area contributed by atoms with Crippen LogP contribution in [0.2, 0.25) is 0 Å². The quantitative estimate of drug-likeness (QED) is 0.163. The molecule has 0 bridgehead atoms. The molecule has 11 rings (SSSR count). The Kier molecular flexibility index (Phi) is 11.0. The molecule has 0 atom stereocenters. The van der Waals surface area contributed by atoms with E-state index in [9.17, 15) is 0 Å². The van der Waals surface area contributed by atoms with E-state index < -0.39 is 0 Å².